The molecule has 0 radical (unpaired) electrons. The lowest BCUT2D eigenvalue weighted by atomic mass is 10.0. The molecule has 0 aromatic heterocycles. The van der Waals surface area contributed by atoms with Crippen LogP contribution < -0.4 is 5.73 Å². The SMILES string of the molecule is CCCCCCCCCCCCCCCCCCCCCCCOCC(COP(=O)(O)OCC(N)C(=O)O)OC(=O)CCCCCCCCCCCCCCC. The van der Waals surface area contributed by atoms with Crippen molar-refractivity contribution in [3.63, 3.8) is 0 Å². The van der Waals surface area contributed by atoms with Crippen LogP contribution in [0, 0.1) is 0 Å². The summed E-state index contributed by atoms with van der Waals surface area (Å²) in [4.78, 5) is 33.5. The van der Waals surface area contributed by atoms with E-state index >= 15 is 0 Å². The van der Waals surface area contributed by atoms with E-state index in [9.17, 15) is 19.0 Å². The highest BCUT2D eigenvalue weighted by Gasteiger charge is 2.27. The number of unbranched alkanes of at least 4 members (excludes halogenated alkanes) is 32. The van der Waals surface area contributed by atoms with E-state index in [2.05, 4.69) is 13.8 Å². The van der Waals surface area contributed by atoms with Crippen LogP contribution in [-0.2, 0) is 32.7 Å². The van der Waals surface area contributed by atoms with E-state index in [0.717, 1.165) is 38.5 Å². The van der Waals surface area contributed by atoms with Crippen molar-refractivity contribution in [3.8, 4) is 0 Å². The van der Waals surface area contributed by atoms with Crippen molar-refractivity contribution >= 4 is 19.8 Å². The minimum atomic E-state index is -4.61. The zero-order chi connectivity index (χ0) is 41.2. The van der Waals surface area contributed by atoms with Crippen LogP contribution in [0.5, 0.6) is 0 Å². The van der Waals surface area contributed by atoms with Crippen LogP contribution in [0.3, 0.4) is 0 Å². The summed E-state index contributed by atoms with van der Waals surface area (Å²) >= 11 is 0. The van der Waals surface area contributed by atoms with Gasteiger partial charge in [-0.05, 0) is 12.8 Å². The molecule has 0 saturated carbocycles. The van der Waals surface area contributed by atoms with Crippen molar-refractivity contribution in [2.24, 2.45) is 5.73 Å². The maximum Gasteiger partial charge on any atom is 0.472 e. The molecule has 0 bridgehead atoms. The average Bonchev–Trinajstić information content (AvgIpc) is 3.18. The topological polar surface area (TPSA) is 155 Å². The number of carbonyl (C=O) groups is 2. The molecule has 334 valence electrons. The van der Waals surface area contributed by atoms with Gasteiger partial charge in [0.25, 0.3) is 0 Å². The van der Waals surface area contributed by atoms with Crippen molar-refractivity contribution in [3.05, 3.63) is 0 Å². The van der Waals surface area contributed by atoms with Crippen molar-refractivity contribution in [2.75, 3.05) is 26.4 Å². The van der Waals surface area contributed by atoms with E-state index in [1.165, 1.54) is 180 Å². The van der Waals surface area contributed by atoms with Crippen LogP contribution >= 0.6 is 7.82 Å². The molecule has 0 aliphatic carbocycles. The fourth-order valence-electron chi connectivity index (χ4n) is 6.96. The average molecular weight is 820 g/mol. The maximum atomic E-state index is 12.6. The Balaban J connectivity index is 4.08. The predicted octanol–water partition coefficient (Wildman–Crippen LogP) is 13.2. The minimum absolute atomic E-state index is 0.0260. The molecule has 0 saturated heterocycles. The van der Waals surface area contributed by atoms with Crippen molar-refractivity contribution in [1.29, 1.82) is 0 Å². The molecule has 3 atom stereocenters. The number of carboxylic acids is 1. The highest BCUT2D eigenvalue weighted by Crippen LogP contribution is 2.43. The second-order valence-electron chi connectivity index (χ2n) is 16.3. The van der Waals surface area contributed by atoms with Crippen molar-refractivity contribution in [1.82, 2.24) is 0 Å². The number of carbonyl (C=O) groups excluding carboxylic acids is 1. The van der Waals surface area contributed by atoms with E-state index in [0.29, 0.717) is 6.61 Å². The first-order valence-corrected chi connectivity index (χ1v) is 25.1. The lowest BCUT2D eigenvalue weighted by Gasteiger charge is -2.20. The van der Waals surface area contributed by atoms with Gasteiger partial charge in [-0.2, -0.15) is 0 Å². The Morgan fingerprint density at radius 2 is 0.821 bits per heavy atom. The summed E-state index contributed by atoms with van der Waals surface area (Å²) < 4.78 is 33.4. The second kappa shape index (κ2) is 42.1. The van der Waals surface area contributed by atoms with E-state index in [-0.39, 0.29) is 13.0 Å². The number of hydrogen-bond donors (Lipinski definition) is 3. The van der Waals surface area contributed by atoms with Gasteiger partial charge in [-0.3, -0.25) is 18.6 Å². The Bertz CT molecular complexity index is 909. The molecule has 56 heavy (non-hydrogen) atoms. The van der Waals surface area contributed by atoms with Crippen molar-refractivity contribution in [2.45, 2.75) is 251 Å². The van der Waals surface area contributed by atoms with Gasteiger partial charge in [0.1, 0.15) is 12.1 Å². The quantitative estimate of drug-likeness (QED) is 0.0307. The van der Waals surface area contributed by atoms with Gasteiger partial charge >= 0.3 is 19.8 Å². The van der Waals surface area contributed by atoms with Crippen LogP contribution in [0.1, 0.15) is 239 Å². The molecule has 0 aromatic carbocycles. The molecule has 3 unspecified atom stereocenters. The maximum absolute atomic E-state index is 12.6. The Morgan fingerprint density at radius 3 is 1.18 bits per heavy atom. The van der Waals surface area contributed by atoms with Crippen molar-refractivity contribution < 1.29 is 42.7 Å². The lowest BCUT2D eigenvalue weighted by Crippen LogP contribution is -2.34. The second-order valence-corrected chi connectivity index (χ2v) is 17.7. The van der Waals surface area contributed by atoms with Gasteiger partial charge in [0.2, 0.25) is 0 Å². The zero-order valence-electron chi connectivity index (χ0n) is 36.5. The summed E-state index contributed by atoms with van der Waals surface area (Å²) in [7, 11) is -4.61. The minimum Gasteiger partial charge on any atom is -0.480 e. The molecule has 0 fully saturated rings. The fraction of sp³-hybridized carbons (Fsp3) is 0.956. The standard InChI is InChI=1S/C45H90NO9P/c1-3-5-7-9-11-13-15-17-18-19-20-21-22-23-24-26-28-30-32-34-36-38-52-39-42(40-53-56(50,51)54-41-43(46)45(48)49)55-44(47)37-35-33-31-29-27-25-16-14-12-10-8-6-4-2/h42-43H,3-41,46H2,1-2H3,(H,48,49)(H,50,51). The van der Waals surface area contributed by atoms with Gasteiger partial charge in [-0.15, -0.1) is 0 Å². The summed E-state index contributed by atoms with van der Waals surface area (Å²) in [6.07, 6.45) is 43.0. The third-order valence-electron chi connectivity index (χ3n) is 10.6. The van der Waals surface area contributed by atoms with Gasteiger partial charge < -0.3 is 25.2 Å². The Kier molecular flexibility index (Phi) is 41.3. The first-order valence-electron chi connectivity index (χ1n) is 23.6. The van der Waals surface area contributed by atoms with Crippen LogP contribution in [-0.4, -0.2) is 60.5 Å². The first-order chi connectivity index (χ1) is 27.2. The summed E-state index contributed by atoms with van der Waals surface area (Å²) in [6, 6.07) is -1.47. The number of phosphoric acid groups is 1. The molecule has 0 rings (SSSR count). The molecule has 0 amide bonds. The van der Waals surface area contributed by atoms with Gasteiger partial charge in [0.05, 0.1) is 19.8 Å². The van der Waals surface area contributed by atoms with Crippen LogP contribution in [0.2, 0.25) is 0 Å². The number of carboxylic acid groups (broad SMARTS) is 1. The normalized spacial score (nSPS) is 13.8. The van der Waals surface area contributed by atoms with E-state index in [1.807, 2.05) is 0 Å². The van der Waals surface area contributed by atoms with Gasteiger partial charge in [-0.1, -0.05) is 219 Å². The molecule has 0 heterocycles. The number of hydrogen-bond acceptors (Lipinski definition) is 8. The highest BCUT2D eigenvalue weighted by atomic mass is 31.2. The Morgan fingerprint density at radius 1 is 0.500 bits per heavy atom. The van der Waals surface area contributed by atoms with Crippen LogP contribution in [0.15, 0.2) is 0 Å². The molecular formula is C45H90NO9P. The molecule has 0 spiro atoms. The summed E-state index contributed by atoms with van der Waals surface area (Å²) in [5, 5.41) is 8.90. The number of ether oxygens (including phenoxy) is 2. The van der Waals surface area contributed by atoms with Crippen LogP contribution in [0.25, 0.3) is 0 Å². The molecule has 0 aliphatic rings. The number of nitrogens with two attached hydrogens (primary N) is 1. The number of esters is 1. The number of phosphoric ester groups is 1. The lowest BCUT2D eigenvalue weighted by molar-refractivity contribution is -0.154. The molecule has 0 aliphatic heterocycles. The Hall–Kier alpha value is -1.03. The number of aliphatic carboxylic acids is 1. The van der Waals surface area contributed by atoms with E-state index in [1.54, 1.807) is 0 Å². The third-order valence-corrected chi connectivity index (χ3v) is 11.6. The van der Waals surface area contributed by atoms with E-state index < -0.39 is 45.1 Å². The smallest absolute Gasteiger partial charge is 0.472 e. The highest BCUT2D eigenvalue weighted by molar-refractivity contribution is 7.47. The van der Waals surface area contributed by atoms with Crippen LogP contribution in [0.4, 0.5) is 0 Å². The Labute approximate surface area is 344 Å². The monoisotopic (exact) mass is 820 g/mol. The molecule has 4 N–H and O–H groups in total. The van der Waals surface area contributed by atoms with E-state index in [4.69, 9.17) is 29.4 Å². The van der Waals surface area contributed by atoms with Gasteiger partial charge in [-0.25, -0.2) is 4.57 Å². The summed E-state index contributed by atoms with van der Waals surface area (Å²) in [5.41, 5.74) is 5.36. The molecule has 10 nitrogen and oxygen atoms in total. The third kappa shape index (κ3) is 41.1. The predicted molar refractivity (Wildman–Crippen MR) is 231 cm³/mol. The fourth-order valence-corrected chi connectivity index (χ4v) is 7.74. The van der Waals surface area contributed by atoms with Gasteiger partial charge in [0, 0.05) is 13.0 Å². The molecule has 11 heteroatoms. The molecule has 0 aromatic rings. The largest absolute Gasteiger partial charge is 0.480 e. The summed E-state index contributed by atoms with van der Waals surface area (Å²) in [6.45, 7) is 3.94. The summed E-state index contributed by atoms with van der Waals surface area (Å²) in [5.74, 6) is -1.76. The molecular weight excluding hydrogens is 729 g/mol. The zero-order valence-corrected chi connectivity index (χ0v) is 37.4. The van der Waals surface area contributed by atoms with Gasteiger partial charge in [0.15, 0.2) is 0 Å². The first kappa shape index (κ1) is 55.0. The number of rotatable bonds is 46.